The van der Waals surface area contributed by atoms with Crippen molar-refractivity contribution in [1.29, 1.82) is 0 Å². The minimum absolute atomic E-state index is 0.164. The average Bonchev–Trinajstić information content (AvgIpc) is 3.02. The monoisotopic (exact) mass is 395 g/mol. The number of carbonyl (C=O) groups excluding carboxylic acids is 3. The Labute approximate surface area is 169 Å². The Bertz CT molecular complexity index is 872. The molecule has 0 radical (unpaired) electrons. The van der Waals surface area contributed by atoms with Gasteiger partial charge in [-0.1, -0.05) is 25.7 Å². The molecule has 0 saturated heterocycles. The highest BCUT2D eigenvalue weighted by atomic mass is 16.5. The highest BCUT2D eigenvalue weighted by Crippen LogP contribution is 2.18. The van der Waals surface area contributed by atoms with Crippen molar-refractivity contribution in [3.05, 3.63) is 59.4 Å². The summed E-state index contributed by atoms with van der Waals surface area (Å²) in [6, 6.07) is 9.58. The van der Waals surface area contributed by atoms with Crippen LogP contribution in [-0.2, 0) is 4.74 Å². The van der Waals surface area contributed by atoms with Gasteiger partial charge in [0.05, 0.1) is 12.7 Å². The third kappa shape index (κ3) is 5.63. The number of hydrogen-bond acceptors (Lipinski definition) is 5. The van der Waals surface area contributed by atoms with Gasteiger partial charge >= 0.3 is 5.97 Å². The molecule has 1 fully saturated rings. The zero-order valence-electron chi connectivity index (χ0n) is 16.4. The van der Waals surface area contributed by atoms with Crippen molar-refractivity contribution in [3.8, 4) is 0 Å². The van der Waals surface area contributed by atoms with Crippen LogP contribution in [-0.4, -0.2) is 35.9 Å². The van der Waals surface area contributed by atoms with E-state index in [9.17, 15) is 14.4 Å². The SMILES string of the molecule is COC(=O)c1ccc(NC(=O)c2ccnc(C(=O)NC3CCCCCC3)c2)cc1. The highest BCUT2D eigenvalue weighted by Gasteiger charge is 2.18. The van der Waals surface area contributed by atoms with Gasteiger partial charge in [-0.3, -0.25) is 14.6 Å². The van der Waals surface area contributed by atoms with Gasteiger partial charge < -0.3 is 15.4 Å². The predicted octanol–water partition coefficient (Wildman–Crippen LogP) is 3.57. The predicted molar refractivity (Wildman–Crippen MR) is 109 cm³/mol. The zero-order valence-corrected chi connectivity index (χ0v) is 16.4. The Hall–Kier alpha value is -3.22. The Kier molecular flexibility index (Phi) is 6.94. The normalized spacial score (nSPS) is 14.5. The van der Waals surface area contributed by atoms with Crippen molar-refractivity contribution in [1.82, 2.24) is 10.3 Å². The van der Waals surface area contributed by atoms with E-state index in [-0.39, 0.29) is 23.6 Å². The van der Waals surface area contributed by atoms with Gasteiger partial charge in [0.25, 0.3) is 11.8 Å². The van der Waals surface area contributed by atoms with E-state index in [0.717, 1.165) is 25.7 Å². The molecule has 1 aromatic heterocycles. The molecule has 2 aromatic rings. The second-order valence-corrected chi connectivity index (χ2v) is 7.11. The highest BCUT2D eigenvalue weighted by molar-refractivity contribution is 6.05. The summed E-state index contributed by atoms with van der Waals surface area (Å²) < 4.78 is 4.65. The van der Waals surface area contributed by atoms with Crippen molar-refractivity contribution < 1.29 is 19.1 Å². The number of benzene rings is 1. The topological polar surface area (TPSA) is 97.4 Å². The number of esters is 1. The van der Waals surface area contributed by atoms with E-state index < -0.39 is 5.97 Å². The van der Waals surface area contributed by atoms with Gasteiger partial charge in [-0.25, -0.2) is 4.79 Å². The number of nitrogens with one attached hydrogen (secondary N) is 2. The van der Waals surface area contributed by atoms with Crippen LogP contribution < -0.4 is 10.6 Å². The van der Waals surface area contributed by atoms with Crippen LogP contribution in [0.4, 0.5) is 5.69 Å². The van der Waals surface area contributed by atoms with Crippen LogP contribution in [0.1, 0.15) is 69.7 Å². The van der Waals surface area contributed by atoms with Gasteiger partial charge in [0.15, 0.2) is 0 Å². The van der Waals surface area contributed by atoms with E-state index in [4.69, 9.17) is 0 Å². The van der Waals surface area contributed by atoms with Gasteiger partial charge in [0, 0.05) is 23.5 Å². The molecule has 29 heavy (non-hydrogen) atoms. The molecule has 7 heteroatoms. The maximum atomic E-state index is 12.5. The minimum Gasteiger partial charge on any atom is -0.465 e. The Morgan fingerprint density at radius 1 is 0.931 bits per heavy atom. The number of aromatic nitrogens is 1. The molecule has 0 aliphatic heterocycles. The van der Waals surface area contributed by atoms with E-state index in [1.165, 1.54) is 32.2 Å². The molecule has 0 unspecified atom stereocenters. The summed E-state index contributed by atoms with van der Waals surface area (Å²) in [5.74, 6) is -1.06. The average molecular weight is 395 g/mol. The van der Waals surface area contributed by atoms with Crippen molar-refractivity contribution >= 4 is 23.5 Å². The molecule has 2 N–H and O–H groups in total. The van der Waals surface area contributed by atoms with Gasteiger partial charge in [-0.15, -0.1) is 0 Å². The Morgan fingerprint density at radius 3 is 2.28 bits per heavy atom. The standard InChI is InChI=1S/C22H25N3O4/c1-29-22(28)15-8-10-18(11-9-15)24-20(26)16-12-13-23-19(14-16)21(27)25-17-6-4-2-3-5-7-17/h8-14,17H,2-7H2,1H3,(H,24,26)(H,25,27). The first-order valence-electron chi connectivity index (χ1n) is 9.83. The Morgan fingerprint density at radius 2 is 1.62 bits per heavy atom. The molecule has 2 amide bonds. The number of hydrogen-bond donors (Lipinski definition) is 2. The molecule has 152 valence electrons. The van der Waals surface area contributed by atoms with Gasteiger partial charge in [0.2, 0.25) is 0 Å². The van der Waals surface area contributed by atoms with Gasteiger partial charge in [-0.2, -0.15) is 0 Å². The molecule has 0 bridgehead atoms. The number of rotatable bonds is 5. The summed E-state index contributed by atoms with van der Waals surface area (Å²) >= 11 is 0. The van der Waals surface area contributed by atoms with Gasteiger partial charge in [0.1, 0.15) is 5.69 Å². The summed E-state index contributed by atoms with van der Waals surface area (Å²) in [5, 5.41) is 5.78. The lowest BCUT2D eigenvalue weighted by atomic mass is 10.1. The fourth-order valence-corrected chi connectivity index (χ4v) is 3.39. The lowest BCUT2D eigenvalue weighted by Gasteiger charge is -2.16. The van der Waals surface area contributed by atoms with E-state index in [0.29, 0.717) is 16.8 Å². The number of carbonyl (C=O) groups is 3. The van der Waals surface area contributed by atoms with Gasteiger partial charge in [-0.05, 0) is 49.2 Å². The molecule has 0 spiro atoms. The molecule has 0 atom stereocenters. The number of anilines is 1. The molecule has 7 nitrogen and oxygen atoms in total. The van der Waals surface area contributed by atoms with E-state index in [1.54, 1.807) is 30.3 Å². The van der Waals surface area contributed by atoms with Crippen molar-refractivity contribution in [2.75, 3.05) is 12.4 Å². The quantitative estimate of drug-likeness (QED) is 0.596. The first-order valence-corrected chi connectivity index (χ1v) is 9.83. The Balaban J connectivity index is 1.64. The number of nitrogens with zero attached hydrogens (tertiary/aromatic N) is 1. The fraction of sp³-hybridized carbons (Fsp3) is 0.364. The minimum atomic E-state index is -0.443. The van der Waals surface area contributed by atoms with E-state index in [1.807, 2.05) is 0 Å². The number of ether oxygens (including phenoxy) is 1. The molecule has 1 aliphatic rings. The molecule has 1 saturated carbocycles. The number of methoxy groups -OCH3 is 1. The molecule has 3 rings (SSSR count). The molecule has 1 heterocycles. The van der Waals surface area contributed by atoms with Crippen LogP contribution in [0.25, 0.3) is 0 Å². The van der Waals surface area contributed by atoms with Crippen LogP contribution in [0, 0.1) is 0 Å². The third-order valence-electron chi connectivity index (χ3n) is 5.01. The van der Waals surface area contributed by atoms with E-state index in [2.05, 4.69) is 20.4 Å². The maximum Gasteiger partial charge on any atom is 0.337 e. The number of pyridine rings is 1. The first-order chi connectivity index (χ1) is 14.1. The lowest BCUT2D eigenvalue weighted by molar-refractivity contribution is 0.0600. The molecule has 1 aliphatic carbocycles. The lowest BCUT2D eigenvalue weighted by Crippen LogP contribution is -2.35. The van der Waals surface area contributed by atoms with E-state index >= 15 is 0 Å². The molecular weight excluding hydrogens is 370 g/mol. The van der Waals surface area contributed by atoms with Crippen LogP contribution in [0.5, 0.6) is 0 Å². The van der Waals surface area contributed by atoms with Crippen molar-refractivity contribution in [2.45, 2.75) is 44.6 Å². The van der Waals surface area contributed by atoms with Crippen molar-refractivity contribution in [3.63, 3.8) is 0 Å². The third-order valence-corrected chi connectivity index (χ3v) is 5.01. The van der Waals surface area contributed by atoms with Crippen LogP contribution in [0.2, 0.25) is 0 Å². The fourth-order valence-electron chi connectivity index (χ4n) is 3.39. The smallest absolute Gasteiger partial charge is 0.337 e. The summed E-state index contributed by atoms with van der Waals surface area (Å²) in [6.45, 7) is 0. The number of amides is 2. The summed E-state index contributed by atoms with van der Waals surface area (Å²) in [7, 11) is 1.31. The van der Waals surface area contributed by atoms with Crippen LogP contribution in [0.15, 0.2) is 42.6 Å². The maximum absolute atomic E-state index is 12.5. The molecule has 1 aromatic carbocycles. The zero-order chi connectivity index (χ0) is 20.6. The second-order valence-electron chi connectivity index (χ2n) is 7.11. The van der Waals surface area contributed by atoms with Crippen LogP contribution in [0.3, 0.4) is 0 Å². The second kappa shape index (κ2) is 9.82. The summed E-state index contributed by atoms with van der Waals surface area (Å²) in [4.78, 5) is 40.7. The molecular formula is C22H25N3O4. The summed E-state index contributed by atoms with van der Waals surface area (Å²) in [5.41, 5.74) is 1.49. The largest absolute Gasteiger partial charge is 0.465 e. The van der Waals surface area contributed by atoms with Crippen LogP contribution >= 0.6 is 0 Å². The van der Waals surface area contributed by atoms with Crippen molar-refractivity contribution in [2.24, 2.45) is 0 Å². The first kappa shape index (κ1) is 20.5. The summed E-state index contributed by atoms with van der Waals surface area (Å²) in [6.07, 6.45) is 8.07.